The Labute approximate surface area is 198 Å². The van der Waals surface area contributed by atoms with E-state index in [-0.39, 0.29) is 12.5 Å². The Bertz CT molecular complexity index is 1030. The van der Waals surface area contributed by atoms with Crippen molar-refractivity contribution in [2.45, 2.75) is 26.4 Å². The summed E-state index contributed by atoms with van der Waals surface area (Å²) in [5.41, 5.74) is 1.17. The number of amides is 2. The van der Waals surface area contributed by atoms with E-state index in [2.05, 4.69) is 21.2 Å². The number of hydrogen-bond donors (Lipinski definition) is 1. The second-order valence-corrected chi connectivity index (χ2v) is 10.3. The largest absolute Gasteiger partial charge is 0.355 e. The lowest BCUT2D eigenvalue weighted by Crippen LogP contribution is -2.52. The molecule has 0 saturated heterocycles. The van der Waals surface area contributed by atoms with Crippen molar-refractivity contribution in [3.63, 3.8) is 0 Å². The lowest BCUT2D eigenvalue weighted by atomic mass is 10.1. The van der Waals surface area contributed by atoms with E-state index in [0.717, 1.165) is 18.6 Å². The van der Waals surface area contributed by atoms with Gasteiger partial charge in [-0.25, -0.2) is 4.31 Å². The smallest absolute Gasteiger partial charge is 0.304 e. The van der Waals surface area contributed by atoms with Gasteiger partial charge in [-0.1, -0.05) is 46.3 Å². The topological polar surface area (TPSA) is 90.0 Å². The molecular formula is C22H29BrN4O4S. The highest BCUT2D eigenvalue weighted by molar-refractivity contribution is 9.10. The molecule has 0 fully saturated rings. The third-order valence-electron chi connectivity index (χ3n) is 4.82. The first kappa shape index (κ1) is 25.8. The molecule has 1 atom stereocenters. The van der Waals surface area contributed by atoms with Crippen LogP contribution < -0.4 is 9.62 Å². The van der Waals surface area contributed by atoms with Crippen LogP contribution in [0.2, 0.25) is 0 Å². The van der Waals surface area contributed by atoms with Gasteiger partial charge in [0.2, 0.25) is 11.8 Å². The second-order valence-electron chi connectivity index (χ2n) is 7.35. The molecule has 0 unspecified atom stereocenters. The minimum Gasteiger partial charge on any atom is -0.355 e. The molecule has 2 rings (SSSR count). The number of carbonyl (C=O) groups excluding carboxylic acids is 2. The highest BCUT2D eigenvalue weighted by Crippen LogP contribution is 2.21. The molecule has 174 valence electrons. The number of carbonyl (C=O) groups is 2. The summed E-state index contributed by atoms with van der Waals surface area (Å²) >= 11 is 3.42. The van der Waals surface area contributed by atoms with Gasteiger partial charge in [0.05, 0.1) is 5.69 Å². The van der Waals surface area contributed by atoms with E-state index in [4.69, 9.17) is 0 Å². The molecular weight excluding hydrogens is 496 g/mol. The number of nitrogens with zero attached hydrogens (tertiary/aromatic N) is 3. The zero-order chi connectivity index (χ0) is 23.9. The van der Waals surface area contributed by atoms with Crippen LogP contribution in [0.1, 0.15) is 19.4 Å². The SMILES string of the molecule is CCNC(=O)[C@@H](C)N(Cc1cccc(Br)c1)C(=O)CN(c1ccccc1)S(=O)(=O)N(C)C. The summed E-state index contributed by atoms with van der Waals surface area (Å²) in [6.07, 6.45) is 0. The molecule has 0 aromatic heterocycles. The fourth-order valence-corrected chi connectivity index (χ4v) is 4.55. The summed E-state index contributed by atoms with van der Waals surface area (Å²) in [5, 5.41) is 2.73. The normalized spacial score (nSPS) is 12.3. The lowest BCUT2D eigenvalue weighted by molar-refractivity contribution is -0.139. The lowest BCUT2D eigenvalue weighted by Gasteiger charge is -2.32. The van der Waals surface area contributed by atoms with Crippen LogP contribution in [-0.2, 0) is 26.3 Å². The van der Waals surface area contributed by atoms with Gasteiger partial charge in [-0.2, -0.15) is 12.7 Å². The summed E-state index contributed by atoms with van der Waals surface area (Å²) in [7, 11) is -1.13. The Morgan fingerprint density at radius 2 is 1.72 bits per heavy atom. The zero-order valence-electron chi connectivity index (χ0n) is 18.7. The van der Waals surface area contributed by atoms with E-state index in [1.165, 1.54) is 19.0 Å². The van der Waals surface area contributed by atoms with Crippen molar-refractivity contribution in [2.75, 3.05) is 31.5 Å². The summed E-state index contributed by atoms with van der Waals surface area (Å²) < 4.78 is 28.9. The number of halogens is 1. The quantitative estimate of drug-likeness (QED) is 0.517. The van der Waals surface area contributed by atoms with Gasteiger partial charge in [0.25, 0.3) is 0 Å². The minimum absolute atomic E-state index is 0.154. The Kier molecular flexibility index (Phi) is 9.23. The Morgan fingerprint density at radius 3 is 2.28 bits per heavy atom. The van der Waals surface area contributed by atoms with Crippen LogP contribution in [0, 0.1) is 0 Å². The molecule has 0 aliphatic carbocycles. The van der Waals surface area contributed by atoms with Gasteiger partial charge in [-0.3, -0.25) is 9.59 Å². The van der Waals surface area contributed by atoms with Gasteiger partial charge >= 0.3 is 10.2 Å². The van der Waals surface area contributed by atoms with E-state index in [9.17, 15) is 18.0 Å². The molecule has 1 N–H and O–H groups in total. The number of benzene rings is 2. The van der Waals surface area contributed by atoms with Crippen LogP contribution in [0.5, 0.6) is 0 Å². The predicted octanol–water partition coefficient (Wildman–Crippen LogP) is 2.62. The van der Waals surface area contributed by atoms with Crippen LogP contribution in [-0.4, -0.2) is 62.7 Å². The molecule has 2 aromatic rings. The van der Waals surface area contributed by atoms with Crippen molar-refractivity contribution < 1.29 is 18.0 Å². The zero-order valence-corrected chi connectivity index (χ0v) is 21.1. The molecule has 0 aliphatic heterocycles. The molecule has 2 aromatic carbocycles. The Morgan fingerprint density at radius 1 is 1.06 bits per heavy atom. The molecule has 0 saturated carbocycles. The van der Waals surface area contributed by atoms with Crippen molar-refractivity contribution in [3.8, 4) is 0 Å². The molecule has 0 spiro atoms. The number of para-hydroxylation sites is 1. The van der Waals surface area contributed by atoms with Crippen molar-refractivity contribution >= 4 is 43.6 Å². The van der Waals surface area contributed by atoms with Crippen LogP contribution in [0.15, 0.2) is 59.1 Å². The van der Waals surface area contributed by atoms with Crippen molar-refractivity contribution in [1.82, 2.24) is 14.5 Å². The molecule has 32 heavy (non-hydrogen) atoms. The summed E-state index contributed by atoms with van der Waals surface area (Å²) in [6, 6.07) is 15.0. The Balaban J connectivity index is 2.42. The molecule has 0 bridgehead atoms. The van der Waals surface area contributed by atoms with E-state index in [1.54, 1.807) is 44.2 Å². The third kappa shape index (κ3) is 6.54. The maximum Gasteiger partial charge on any atom is 0.304 e. The summed E-state index contributed by atoms with van der Waals surface area (Å²) in [4.78, 5) is 27.4. The van der Waals surface area contributed by atoms with Crippen molar-refractivity contribution in [2.24, 2.45) is 0 Å². The number of nitrogens with one attached hydrogen (secondary N) is 1. The average molecular weight is 525 g/mol. The van der Waals surface area contributed by atoms with Gasteiger partial charge < -0.3 is 10.2 Å². The predicted molar refractivity (Wildman–Crippen MR) is 129 cm³/mol. The summed E-state index contributed by atoms with van der Waals surface area (Å²) in [6.45, 7) is 3.57. The number of hydrogen-bond acceptors (Lipinski definition) is 4. The van der Waals surface area contributed by atoms with Gasteiger partial charge in [0.1, 0.15) is 12.6 Å². The monoisotopic (exact) mass is 524 g/mol. The molecule has 0 heterocycles. The van der Waals surface area contributed by atoms with Gasteiger partial charge in [-0.05, 0) is 43.7 Å². The second kappa shape index (κ2) is 11.4. The van der Waals surface area contributed by atoms with E-state index >= 15 is 0 Å². The molecule has 10 heteroatoms. The molecule has 0 aliphatic rings. The number of likely N-dealkylation sites (N-methyl/N-ethyl adjacent to an activating group) is 1. The van der Waals surface area contributed by atoms with Gasteiger partial charge in [-0.15, -0.1) is 0 Å². The van der Waals surface area contributed by atoms with Gasteiger partial charge in [0, 0.05) is 31.7 Å². The first-order chi connectivity index (χ1) is 15.1. The van der Waals surface area contributed by atoms with E-state index in [0.29, 0.717) is 12.2 Å². The van der Waals surface area contributed by atoms with Crippen LogP contribution >= 0.6 is 15.9 Å². The van der Waals surface area contributed by atoms with Crippen molar-refractivity contribution in [3.05, 3.63) is 64.6 Å². The van der Waals surface area contributed by atoms with Gasteiger partial charge in [0.15, 0.2) is 0 Å². The minimum atomic E-state index is -3.95. The molecule has 0 radical (unpaired) electrons. The van der Waals surface area contributed by atoms with Crippen LogP contribution in [0.4, 0.5) is 5.69 Å². The van der Waals surface area contributed by atoms with Crippen LogP contribution in [0.25, 0.3) is 0 Å². The maximum atomic E-state index is 13.4. The fraction of sp³-hybridized carbons (Fsp3) is 0.364. The van der Waals surface area contributed by atoms with E-state index < -0.39 is 28.7 Å². The Hall–Kier alpha value is -2.43. The third-order valence-corrected chi connectivity index (χ3v) is 7.14. The molecule has 2 amide bonds. The fourth-order valence-electron chi connectivity index (χ4n) is 3.05. The molecule has 8 nitrogen and oxygen atoms in total. The average Bonchev–Trinajstić information content (AvgIpc) is 2.75. The maximum absolute atomic E-state index is 13.4. The van der Waals surface area contributed by atoms with Crippen LogP contribution in [0.3, 0.4) is 0 Å². The van der Waals surface area contributed by atoms with Crippen molar-refractivity contribution in [1.29, 1.82) is 0 Å². The first-order valence-corrected chi connectivity index (χ1v) is 12.3. The highest BCUT2D eigenvalue weighted by Gasteiger charge is 2.32. The van der Waals surface area contributed by atoms with E-state index in [1.807, 2.05) is 24.3 Å². The number of anilines is 1. The summed E-state index contributed by atoms with van der Waals surface area (Å²) in [5.74, 6) is -0.796. The highest BCUT2D eigenvalue weighted by atomic mass is 79.9. The first-order valence-electron chi connectivity index (χ1n) is 10.1. The standard InChI is InChI=1S/C22H29BrN4O4S/c1-5-24-22(29)17(2)26(15-18-10-9-11-19(23)14-18)21(28)16-27(32(30,31)25(3)4)20-12-7-6-8-13-20/h6-14,17H,5,15-16H2,1-4H3,(H,24,29)/t17-/m1/s1. The number of rotatable bonds is 10.